The largest absolute Gasteiger partial charge is 0.465 e. The number of hydrogen-bond acceptors (Lipinski definition) is 4. The number of halogens is 1. The Hall–Kier alpha value is -2.85. The summed E-state index contributed by atoms with van der Waals surface area (Å²) >= 11 is 5.96. The van der Waals surface area contributed by atoms with Gasteiger partial charge in [-0.2, -0.15) is 0 Å². The lowest BCUT2D eigenvalue weighted by molar-refractivity contribution is 0.0598. The third-order valence-electron chi connectivity index (χ3n) is 4.75. The molecule has 0 radical (unpaired) electrons. The van der Waals surface area contributed by atoms with Crippen LogP contribution >= 0.6 is 11.6 Å². The van der Waals surface area contributed by atoms with Crippen molar-refractivity contribution in [3.63, 3.8) is 0 Å². The normalized spacial score (nSPS) is 10.7. The molecule has 29 heavy (non-hydrogen) atoms. The number of unbranched alkanes of at least 4 members (excludes halogenated alkanes) is 2. The molecule has 1 aromatic heterocycles. The minimum atomic E-state index is -0.591. The predicted octanol–water partition coefficient (Wildman–Crippen LogP) is 6.35. The fourth-order valence-electron chi connectivity index (χ4n) is 3.27. The fraction of sp³-hybridized carbons (Fsp3) is 0.250. The van der Waals surface area contributed by atoms with Crippen molar-refractivity contribution in [1.82, 2.24) is 0 Å². The van der Waals surface area contributed by atoms with E-state index >= 15 is 0 Å². The van der Waals surface area contributed by atoms with Crippen LogP contribution in [0, 0.1) is 0 Å². The van der Waals surface area contributed by atoms with Crippen LogP contribution in [0.3, 0.4) is 0 Å². The lowest BCUT2D eigenvalue weighted by Gasteiger charge is -2.06. The number of ether oxygens (including phenoxy) is 1. The molecule has 0 saturated carbocycles. The van der Waals surface area contributed by atoms with E-state index in [0.29, 0.717) is 28.5 Å². The Labute approximate surface area is 175 Å². The summed E-state index contributed by atoms with van der Waals surface area (Å²) < 4.78 is 11.1. The molecule has 4 nitrogen and oxygen atoms in total. The molecule has 0 fully saturated rings. The molecule has 5 heteroatoms. The molecule has 0 spiro atoms. The molecule has 0 N–H and O–H groups in total. The second-order valence-electron chi connectivity index (χ2n) is 6.76. The van der Waals surface area contributed by atoms with Gasteiger partial charge in [-0.1, -0.05) is 61.7 Å². The van der Waals surface area contributed by atoms with Gasteiger partial charge >= 0.3 is 5.97 Å². The van der Waals surface area contributed by atoms with Crippen LogP contribution in [0.1, 0.15) is 58.2 Å². The molecule has 0 amide bonds. The smallest absolute Gasteiger partial charge is 0.342 e. The van der Waals surface area contributed by atoms with E-state index in [0.717, 1.165) is 24.8 Å². The zero-order valence-corrected chi connectivity index (χ0v) is 17.3. The van der Waals surface area contributed by atoms with Crippen LogP contribution in [-0.4, -0.2) is 18.9 Å². The van der Waals surface area contributed by atoms with E-state index in [1.54, 1.807) is 24.3 Å². The molecule has 0 aliphatic rings. The first-order valence-electron chi connectivity index (χ1n) is 9.66. The maximum absolute atomic E-state index is 13.4. The second-order valence-corrected chi connectivity index (χ2v) is 7.19. The highest BCUT2D eigenvalue weighted by molar-refractivity contribution is 6.30. The van der Waals surface area contributed by atoms with Crippen molar-refractivity contribution in [2.75, 3.05) is 7.11 Å². The number of furan rings is 1. The summed E-state index contributed by atoms with van der Waals surface area (Å²) in [4.78, 5) is 26.1. The highest BCUT2D eigenvalue weighted by atomic mass is 35.5. The molecule has 0 aliphatic heterocycles. The topological polar surface area (TPSA) is 56.5 Å². The molecule has 0 unspecified atom stereocenters. The number of ketones is 1. The molecule has 3 rings (SSSR count). The van der Waals surface area contributed by atoms with Gasteiger partial charge in [-0.15, -0.1) is 0 Å². The third-order valence-corrected chi connectivity index (χ3v) is 5.00. The van der Waals surface area contributed by atoms with Crippen LogP contribution in [0.2, 0.25) is 5.02 Å². The number of carbonyl (C=O) groups is 2. The number of hydrogen-bond donors (Lipinski definition) is 0. The minimum absolute atomic E-state index is 0.171. The quantitative estimate of drug-likeness (QED) is 0.246. The van der Waals surface area contributed by atoms with Gasteiger partial charge in [0, 0.05) is 22.6 Å². The van der Waals surface area contributed by atoms with Gasteiger partial charge in [0.15, 0.2) is 5.78 Å². The minimum Gasteiger partial charge on any atom is -0.465 e. The first kappa shape index (κ1) is 20.9. The number of aryl methyl sites for hydroxylation is 1. The standard InChI is InChI=1S/C24H23ClO4/c1-3-4-6-11-19-20(22(26)16-12-14-18(25)15-13-16)21(24(27)28-2)23(29-19)17-9-7-5-8-10-17/h5,7-10,12-15H,3-4,6,11H2,1-2H3. The van der Waals surface area contributed by atoms with E-state index in [2.05, 4.69) is 6.92 Å². The van der Waals surface area contributed by atoms with Crippen molar-refractivity contribution in [3.05, 3.63) is 82.1 Å². The zero-order valence-electron chi connectivity index (χ0n) is 16.5. The van der Waals surface area contributed by atoms with Gasteiger partial charge in [-0.05, 0) is 30.7 Å². The van der Waals surface area contributed by atoms with Gasteiger partial charge in [0.2, 0.25) is 0 Å². The molecule has 150 valence electrons. The molecule has 3 aromatic rings. The summed E-state index contributed by atoms with van der Waals surface area (Å²) in [5.74, 6) is 0.00469. The van der Waals surface area contributed by atoms with Crippen LogP contribution in [-0.2, 0) is 11.2 Å². The molecule has 0 aliphatic carbocycles. The summed E-state index contributed by atoms with van der Waals surface area (Å²) in [6, 6.07) is 15.9. The Balaban J connectivity index is 2.19. The average molecular weight is 411 g/mol. The maximum Gasteiger partial charge on any atom is 0.342 e. The van der Waals surface area contributed by atoms with Gasteiger partial charge in [0.25, 0.3) is 0 Å². The van der Waals surface area contributed by atoms with Gasteiger partial charge in [-0.3, -0.25) is 4.79 Å². The number of carbonyl (C=O) groups excluding carboxylic acids is 2. The van der Waals surface area contributed by atoms with E-state index in [9.17, 15) is 9.59 Å². The van der Waals surface area contributed by atoms with Gasteiger partial charge < -0.3 is 9.15 Å². The molecule has 0 bridgehead atoms. The second kappa shape index (κ2) is 9.57. The molecule has 1 heterocycles. The van der Waals surface area contributed by atoms with E-state index in [1.807, 2.05) is 30.3 Å². The number of rotatable bonds is 8. The molecular weight excluding hydrogens is 388 g/mol. The molecule has 2 aromatic carbocycles. The number of methoxy groups -OCH3 is 1. The van der Waals surface area contributed by atoms with Crippen LogP contribution in [0.4, 0.5) is 0 Å². The van der Waals surface area contributed by atoms with E-state index in [1.165, 1.54) is 7.11 Å². The Morgan fingerprint density at radius 2 is 1.66 bits per heavy atom. The van der Waals surface area contributed by atoms with Crippen LogP contribution in [0.25, 0.3) is 11.3 Å². The highest BCUT2D eigenvalue weighted by Crippen LogP contribution is 2.35. The van der Waals surface area contributed by atoms with Crippen molar-refractivity contribution >= 4 is 23.4 Å². The molecule has 0 saturated heterocycles. The Bertz CT molecular complexity index is 988. The summed E-state index contributed by atoms with van der Waals surface area (Å²) in [6.45, 7) is 2.11. The first-order valence-corrected chi connectivity index (χ1v) is 10.0. The molecule has 0 atom stereocenters. The maximum atomic E-state index is 13.4. The van der Waals surface area contributed by atoms with Crippen molar-refractivity contribution in [1.29, 1.82) is 0 Å². The summed E-state index contributed by atoms with van der Waals surface area (Å²) in [5, 5.41) is 0.537. The lowest BCUT2D eigenvalue weighted by Crippen LogP contribution is -2.12. The van der Waals surface area contributed by atoms with Gasteiger partial charge in [0.05, 0.1) is 12.7 Å². The summed E-state index contributed by atoms with van der Waals surface area (Å²) in [7, 11) is 1.30. The summed E-state index contributed by atoms with van der Waals surface area (Å²) in [5.41, 5.74) is 1.61. The fourth-order valence-corrected chi connectivity index (χ4v) is 3.39. The van der Waals surface area contributed by atoms with Crippen molar-refractivity contribution < 1.29 is 18.7 Å². The predicted molar refractivity (Wildman–Crippen MR) is 114 cm³/mol. The monoisotopic (exact) mass is 410 g/mol. The van der Waals surface area contributed by atoms with E-state index in [4.69, 9.17) is 20.8 Å². The first-order chi connectivity index (χ1) is 14.1. The number of benzene rings is 2. The van der Waals surface area contributed by atoms with Crippen molar-refractivity contribution in [3.8, 4) is 11.3 Å². The Morgan fingerprint density at radius 3 is 2.28 bits per heavy atom. The van der Waals surface area contributed by atoms with Crippen molar-refractivity contribution in [2.24, 2.45) is 0 Å². The third kappa shape index (κ3) is 4.60. The van der Waals surface area contributed by atoms with Crippen LogP contribution < -0.4 is 0 Å². The SMILES string of the molecule is CCCCCc1oc(-c2ccccc2)c(C(=O)OC)c1C(=O)c1ccc(Cl)cc1. The zero-order chi connectivity index (χ0) is 20.8. The van der Waals surface area contributed by atoms with Crippen LogP contribution in [0.15, 0.2) is 59.0 Å². The van der Waals surface area contributed by atoms with E-state index < -0.39 is 5.97 Å². The average Bonchev–Trinajstić information content (AvgIpc) is 3.13. The van der Waals surface area contributed by atoms with E-state index in [-0.39, 0.29) is 16.9 Å². The van der Waals surface area contributed by atoms with Gasteiger partial charge in [-0.25, -0.2) is 4.79 Å². The number of esters is 1. The van der Waals surface area contributed by atoms with Crippen molar-refractivity contribution in [2.45, 2.75) is 32.6 Å². The Morgan fingerprint density at radius 1 is 0.966 bits per heavy atom. The summed E-state index contributed by atoms with van der Waals surface area (Å²) in [6.07, 6.45) is 3.47. The lowest BCUT2D eigenvalue weighted by atomic mass is 9.95. The molecular formula is C24H23ClO4. The van der Waals surface area contributed by atoms with Crippen LogP contribution in [0.5, 0.6) is 0 Å². The van der Waals surface area contributed by atoms with Gasteiger partial charge in [0.1, 0.15) is 17.1 Å². The Kier molecular flexibility index (Phi) is 6.89. The highest BCUT2D eigenvalue weighted by Gasteiger charge is 2.31.